The van der Waals surface area contributed by atoms with Crippen LogP contribution in [-0.2, 0) is 4.79 Å². The van der Waals surface area contributed by atoms with Crippen LogP contribution in [0.4, 0.5) is 5.82 Å². The number of methoxy groups -OCH3 is 1. The molecule has 4 rings (SSSR count). The van der Waals surface area contributed by atoms with E-state index in [4.69, 9.17) is 9.84 Å². The Hall–Kier alpha value is -3.20. The van der Waals surface area contributed by atoms with E-state index in [-0.39, 0.29) is 11.9 Å². The minimum Gasteiger partial charge on any atom is -0.481 e. The minimum atomic E-state index is -0.465. The Labute approximate surface area is 162 Å². The van der Waals surface area contributed by atoms with Gasteiger partial charge in [0.25, 0.3) is 0 Å². The third-order valence-corrected chi connectivity index (χ3v) is 4.84. The Bertz CT molecular complexity index is 989. The summed E-state index contributed by atoms with van der Waals surface area (Å²) in [5.74, 6) is 1.34. The van der Waals surface area contributed by atoms with Crippen molar-refractivity contribution in [3.8, 4) is 17.3 Å². The van der Waals surface area contributed by atoms with Gasteiger partial charge in [0.1, 0.15) is 12.4 Å². The van der Waals surface area contributed by atoms with Crippen molar-refractivity contribution in [2.75, 3.05) is 32.1 Å². The lowest BCUT2D eigenvalue weighted by Gasteiger charge is -2.33. The molecule has 0 unspecified atom stereocenters. The zero-order valence-electron chi connectivity index (χ0n) is 15.6. The molecule has 9 heteroatoms. The number of aliphatic hydroxyl groups is 1. The van der Waals surface area contributed by atoms with Crippen molar-refractivity contribution in [2.24, 2.45) is 0 Å². The summed E-state index contributed by atoms with van der Waals surface area (Å²) in [5, 5.41) is 16.8. The van der Waals surface area contributed by atoms with Gasteiger partial charge in [-0.3, -0.25) is 4.79 Å². The summed E-state index contributed by atoms with van der Waals surface area (Å²) in [4.78, 5) is 22.6. The number of rotatable bonds is 5. The van der Waals surface area contributed by atoms with Crippen molar-refractivity contribution < 1.29 is 14.6 Å². The molecule has 0 bridgehead atoms. The number of ether oxygens (including phenoxy) is 1. The second-order valence-electron chi connectivity index (χ2n) is 6.69. The molecule has 1 atom stereocenters. The standard InChI is InChI=1S/C19H22N6O3/c1-28-17-9-16(21-13-5-4-7-24(11-13)18(27)12-26)22-19(23-17)14-10-20-25-8-3-2-6-15(14)25/h2-3,6,8-10,13,26H,4-5,7,11-12H2,1H3,(H,21,22,23)/t13-/m1/s1. The number of anilines is 1. The average Bonchev–Trinajstić information content (AvgIpc) is 3.17. The van der Waals surface area contributed by atoms with Crippen molar-refractivity contribution in [3.63, 3.8) is 0 Å². The van der Waals surface area contributed by atoms with Crippen LogP contribution in [0, 0.1) is 0 Å². The van der Waals surface area contributed by atoms with Gasteiger partial charge in [-0.25, -0.2) is 9.50 Å². The molecule has 0 aromatic carbocycles. The van der Waals surface area contributed by atoms with Gasteiger partial charge < -0.3 is 20.1 Å². The number of nitrogens with one attached hydrogen (secondary N) is 1. The summed E-state index contributed by atoms with van der Waals surface area (Å²) >= 11 is 0. The molecule has 1 aliphatic rings. The molecule has 146 valence electrons. The Kier molecular flexibility index (Phi) is 5.07. The number of carbonyl (C=O) groups is 1. The zero-order valence-corrected chi connectivity index (χ0v) is 15.6. The van der Waals surface area contributed by atoms with Crippen LogP contribution in [0.3, 0.4) is 0 Å². The highest BCUT2D eigenvalue weighted by molar-refractivity contribution is 5.77. The highest BCUT2D eigenvalue weighted by Crippen LogP contribution is 2.26. The van der Waals surface area contributed by atoms with E-state index in [1.165, 1.54) is 0 Å². The summed E-state index contributed by atoms with van der Waals surface area (Å²) in [6, 6.07) is 7.58. The van der Waals surface area contributed by atoms with E-state index in [1.807, 2.05) is 24.4 Å². The molecule has 9 nitrogen and oxygen atoms in total. The van der Waals surface area contributed by atoms with E-state index in [1.54, 1.807) is 28.8 Å². The summed E-state index contributed by atoms with van der Waals surface area (Å²) in [6.07, 6.45) is 5.38. The number of hydrogen-bond acceptors (Lipinski definition) is 7. The van der Waals surface area contributed by atoms with Crippen LogP contribution in [0.5, 0.6) is 5.88 Å². The van der Waals surface area contributed by atoms with Gasteiger partial charge in [-0.1, -0.05) is 6.07 Å². The second kappa shape index (κ2) is 7.81. The molecule has 1 aliphatic heterocycles. The highest BCUT2D eigenvalue weighted by Gasteiger charge is 2.24. The Balaban J connectivity index is 1.61. The fourth-order valence-corrected chi connectivity index (χ4v) is 3.46. The van der Waals surface area contributed by atoms with Crippen molar-refractivity contribution >= 4 is 17.2 Å². The number of pyridine rings is 1. The van der Waals surface area contributed by atoms with Crippen molar-refractivity contribution in [3.05, 3.63) is 36.7 Å². The predicted octanol–water partition coefficient (Wildman–Crippen LogP) is 1.20. The van der Waals surface area contributed by atoms with E-state index >= 15 is 0 Å². The smallest absolute Gasteiger partial charge is 0.248 e. The third kappa shape index (κ3) is 3.61. The molecule has 1 saturated heterocycles. The van der Waals surface area contributed by atoms with Crippen LogP contribution < -0.4 is 10.1 Å². The first kappa shape index (κ1) is 18.2. The van der Waals surface area contributed by atoms with E-state index in [2.05, 4.69) is 20.4 Å². The third-order valence-electron chi connectivity index (χ3n) is 4.84. The largest absolute Gasteiger partial charge is 0.481 e. The summed E-state index contributed by atoms with van der Waals surface area (Å²) < 4.78 is 7.12. The van der Waals surface area contributed by atoms with Crippen LogP contribution in [-0.4, -0.2) is 68.3 Å². The van der Waals surface area contributed by atoms with Crippen molar-refractivity contribution in [1.82, 2.24) is 24.5 Å². The maximum atomic E-state index is 11.8. The average molecular weight is 382 g/mol. The fraction of sp³-hybridized carbons (Fsp3) is 0.368. The van der Waals surface area contributed by atoms with Crippen LogP contribution in [0.2, 0.25) is 0 Å². The monoisotopic (exact) mass is 382 g/mol. The number of nitrogens with zero attached hydrogens (tertiary/aromatic N) is 5. The number of aromatic nitrogens is 4. The van der Waals surface area contributed by atoms with Gasteiger partial charge in [0, 0.05) is 31.4 Å². The number of likely N-dealkylation sites (tertiary alicyclic amines) is 1. The molecule has 0 radical (unpaired) electrons. The number of fused-ring (bicyclic) bond motifs is 1. The van der Waals surface area contributed by atoms with Gasteiger partial charge in [-0.15, -0.1) is 0 Å². The van der Waals surface area contributed by atoms with E-state index < -0.39 is 6.61 Å². The molecule has 3 aromatic rings. The van der Waals surface area contributed by atoms with E-state index in [9.17, 15) is 4.79 Å². The summed E-state index contributed by atoms with van der Waals surface area (Å²) in [5.41, 5.74) is 1.71. The van der Waals surface area contributed by atoms with Crippen molar-refractivity contribution in [1.29, 1.82) is 0 Å². The molecule has 28 heavy (non-hydrogen) atoms. The fourth-order valence-electron chi connectivity index (χ4n) is 3.46. The number of hydrogen-bond donors (Lipinski definition) is 2. The first-order valence-electron chi connectivity index (χ1n) is 9.19. The first-order chi connectivity index (χ1) is 13.7. The molecule has 3 aromatic heterocycles. The molecule has 0 spiro atoms. The van der Waals surface area contributed by atoms with Crippen molar-refractivity contribution in [2.45, 2.75) is 18.9 Å². The predicted molar refractivity (Wildman–Crippen MR) is 103 cm³/mol. The SMILES string of the molecule is COc1cc(N[C@@H]2CCCN(C(=O)CO)C2)nc(-c2cnn3ccccc23)n1. The second-order valence-corrected chi connectivity index (χ2v) is 6.69. The minimum absolute atomic E-state index is 0.0422. The lowest BCUT2D eigenvalue weighted by atomic mass is 10.1. The molecule has 0 saturated carbocycles. The van der Waals surface area contributed by atoms with Gasteiger partial charge >= 0.3 is 0 Å². The van der Waals surface area contributed by atoms with Gasteiger partial charge in [-0.05, 0) is 25.0 Å². The zero-order chi connectivity index (χ0) is 19.5. The number of aliphatic hydroxyl groups excluding tert-OH is 1. The lowest BCUT2D eigenvalue weighted by molar-refractivity contribution is -0.135. The summed E-state index contributed by atoms with van der Waals surface area (Å²) in [6.45, 7) is 0.725. The number of carbonyl (C=O) groups excluding carboxylic acids is 1. The Morgan fingerprint density at radius 1 is 1.39 bits per heavy atom. The topological polar surface area (TPSA) is 105 Å². The highest BCUT2D eigenvalue weighted by atomic mass is 16.5. The lowest BCUT2D eigenvalue weighted by Crippen LogP contribution is -2.46. The molecular formula is C19H22N6O3. The van der Waals surface area contributed by atoms with Gasteiger partial charge in [0.15, 0.2) is 5.82 Å². The summed E-state index contributed by atoms with van der Waals surface area (Å²) in [7, 11) is 1.56. The molecule has 1 fully saturated rings. The van der Waals surface area contributed by atoms with E-state index in [0.29, 0.717) is 30.6 Å². The quantitative estimate of drug-likeness (QED) is 0.683. The maximum Gasteiger partial charge on any atom is 0.248 e. The van der Waals surface area contributed by atoms with Crippen LogP contribution in [0.15, 0.2) is 36.7 Å². The first-order valence-corrected chi connectivity index (χ1v) is 9.19. The maximum absolute atomic E-state index is 11.8. The van der Waals surface area contributed by atoms with Crippen LogP contribution in [0.1, 0.15) is 12.8 Å². The molecule has 2 N–H and O–H groups in total. The normalized spacial score (nSPS) is 16.9. The molecule has 4 heterocycles. The Morgan fingerprint density at radius 3 is 3.11 bits per heavy atom. The van der Waals surface area contributed by atoms with Gasteiger partial charge in [-0.2, -0.15) is 10.1 Å². The molecule has 0 aliphatic carbocycles. The van der Waals surface area contributed by atoms with Crippen LogP contribution in [0.25, 0.3) is 16.9 Å². The van der Waals surface area contributed by atoms with Gasteiger partial charge in [0.05, 0.1) is 24.4 Å². The van der Waals surface area contributed by atoms with Gasteiger partial charge in [0.2, 0.25) is 11.8 Å². The molecule has 1 amide bonds. The Morgan fingerprint density at radius 2 is 2.29 bits per heavy atom. The number of piperidine rings is 1. The molecular weight excluding hydrogens is 360 g/mol. The van der Waals surface area contributed by atoms with Crippen LogP contribution >= 0.6 is 0 Å². The van der Waals surface area contributed by atoms with E-state index in [0.717, 1.165) is 23.9 Å². The number of amides is 1.